The van der Waals surface area contributed by atoms with Gasteiger partial charge in [-0.2, -0.15) is 0 Å². The summed E-state index contributed by atoms with van der Waals surface area (Å²) >= 11 is 0. The van der Waals surface area contributed by atoms with Crippen LogP contribution in [0.2, 0.25) is 0 Å². The maximum Gasteiger partial charge on any atom is 0.302 e. The van der Waals surface area contributed by atoms with Gasteiger partial charge in [0.25, 0.3) is 0 Å². The predicted octanol–water partition coefficient (Wildman–Crippen LogP) is 0.490. The van der Waals surface area contributed by atoms with Crippen molar-refractivity contribution in [3.05, 3.63) is 0 Å². The summed E-state index contributed by atoms with van der Waals surface area (Å²) in [7, 11) is 0. The number of nitrogens with two attached hydrogens (primary N) is 1. The Morgan fingerprint density at radius 2 is 1.69 bits per heavy atom. The van der Waals surface area contributed by atoms with Crippen LogP contribution in [0.3, 0.4) is 0 Å². The van der Waals surface area contributed by atoms with Crippen LogP contribution >= 0.6 is 0 Å². The Kier molecular flexibility index (Phi) is 4.62. The second-order valence-electron chi connectivity index (χ2n) is 3.45. The van der Waals surface area contributed by atoms with Gasteiger partial charge in [-0.15, -0.1) is 0 Å². The Hall–Kier alpha value is -0.900. The smallest absolute Gasteiger partial charge is 0.302 e. The lowest BCUT2D eigenvalue weighted by Crippen LogP contribution is -2.45. The summed E-state index contributed by atoms with van der Waals surface area (Å²) in [4.78, 5) is 21.7. The summed E-state index contributed by atoms with van der Waals surface area (Å²) < 4.78 is 4.95. The van der Waals surface area contributed by atoms with Crippen molar-refractivity contribution in [2.24, 2.45) is 11.7 Å². The normalized spacial score (nSPS) is 15.2. The molecule has 0 radical (unpaired) electrons. The molecule has 0 spiro atoms. The van der Waals surface area contributed by atoms with Gasteiger partial charge < -0.3 is 10.5 Å². The average molecular weight is 187 g/mol. The Morgan fingerprint density at radius 3 is 1.92 bits per heavy atom. The molecule has 2 atom stereocenters. The second kappa shape index (κ2) is 4.97. The molecule has 4 heteroatoms. The van der Waals surface area contributed by atoms with E-state index in [-0.39, 0.29) is 11.7 Å². The summed E-state index contributed by atoms with van der Waals surface area (Å²) in [6, 6.07) is -0.719. The Balaban J connectivity index is 4.41. The standard InChI is InChI=1S/C9H17NO3/c1-5(2)9(13-7(4)12)8(10)6(3)11/h5,8-9H,10H2,1-4H3. The number of carbonyl (C=O) groups excluding carboxylic acids is 2. The van der Waals surface area contributed by atoms with E-state index in [1.165, 1.54) is 13.8 Å². The van der Waals surface area contributed by atoms with Gasteiger partial charge in [-0.05, 0) is 12.8 Å². The van der Waals surface area contributed by atoms with Crippen LogP contribution in [-0.2, 0) is 14.3 Å². The van der Waals surface area contributed by atoms with Gasteiger partial charge >= 0.3 is 5.97 Å². The molecule has 13 heavy (non-hydrogen) atoms. The molecule has 2 unspecified atom stereocenters. The first-order valence-corrected chi connectivity index (χ1v) is 4.29. The first kappa shape index (κ1) is 12.1. The molecule has 0 amide bonds. The summed E-state index contributed by atoms with van der Waals surface area (Å²) in [5.74, 6) is -0.529. The maximum absolute atomic E-state index is 11.0. The molecule has 0 saturated heterocycles. The summed E-state index contributed by atoms with van der Waals surface area (Å²) in [5, 5.41) is 0. The number of Topliss-reactive ketones (excluding diaryl/α,β-unsaturated/α-hetero) is 1. The van der Waals surface area contributed by atoms with E-state index in [1.807, 2.05) is 13.8 Å². The third-order valence-corrected chi connectivity index (χ3v) is 1.78. The van der Waals surface area contributed by atoms with E-state index in [9.17, 15) is 9.59 Å². The van der Waals surface area contributed by atoms with Crippen LogP contribution in [0, 0.1) is 5.92 Å². The minimum Gasteiger partial charge on any atom is -0.460 e. The molecule has 0 aliphatic rings. The highest BCUT2D eigenvalue weighted by Gasteiger charge is 2.27. The minimum absolute atomic E-state index is 0.0443. The molecule has 0 bridgehead atoms. The van der Waals surface area contributed by atoms with Gasteiger partial charge in [-0.1, -0.05) is 13.8 Å². The third-order valence-electron chi connectivity index (χ3n) is 1.78. The lowest BCUT2D eigenvalue weighted by atomic mass is 9.97. The zero-order valence-electron chi connectivity index (χ0n) is 8.53. The van der Waals surface area contributed by atoms with Crippen LogP contribution in [-0.4, -0.2) is 23.9 Å². The molecule has 0 fully saturated rings. The molecule has 0 aromatic carbocycles. The fourth-order valence-corrected chi connectivity index (χ4v) is 1.05. The second-order valence-corrected chi connectivity index (χ2v) is 3.45. The van der Waals surface area contributed by atoms with Crippen molar-refractivity contribution in [1.82, 2.24) is 0 Å². The average Bonchev–Trinajstić information content (AvgIpc) is 1.97. The van der Waals surface area contributed by atoms with Gasteiger partial charge in [0, 0.05) is 6.92 Å². The molecule has 0 aromatic rings. The fourth-order valence-electron chi connectivity index (χ4n) is 1.05. The molecule has 0 aromatic heterocycles. The SMILES string of the molecule is CC(=O)OC(C(C)C)C(N)C(C)=O. The molecule has 4 nitrogen and oxygen atoms in total. The fraction of sp³-hybridized carbons (Fsp3) is 0.778. The van der Waals surface area contributed by atoms with E-state index in [0.717, 1.165) is 0 Å². The van der Waals surface area contributed by atoms with E-state index in [0.29, 0.717) is 0 Å². The molecule has 0 rings (SSSR count). The van der Waals surface area contributed by atoms with E-state index < -0.39 is 18.1 Å². The number of esters is 1. The third kappa shape index (κ3) is 4.03. The lowest BCUT2D eigenvalue weighted by molar-refractivity contribution is -0.151. The molecule has 0 aliphatic heterocycles. The van der Waals surface area contributed by atoms with Crippen LogP contribution in [0.25, 0.3) is 0 Å². The zero-order chi connectivity index (χ0) is 10.6. The van der Waals surface area contributed by atoms with Crippen molar-refractivity contribution in [2.45, 2.75) is 39.8 Å². The minimum atomic E-state index is -0.719. The molecular weight excluding hydrogens is 170 g/mol. The number of carbonyl (C=O) groups is 2. The Bertz CT molecular complexity index is 201. The Labute approximate surface area is 78.4 Å². The summed E-state index contributed by atoms with van der Waals surface area (Å²) in [6.07, 6.45) is -0.519. The van der Waals surface area contributed by atoms with Crippen LogP contribution in [0.1, 0.15) is 27.7 Å². The van der Waals surface area contributed by atoms with Crippen molar-refractivity contribution in [3.63, 3.8) is 0 Å². The number of rotatable bonds is 4. The molecular formula is C9H17NO3. The van der Waals surface area contributed by atoms with Gasteiger partial charge in [-0.3, -0.25) is 9.59 Å². The Morgan fingerprint density at radius 1 is 1.23 bits per heavy atom. The molecule has 0 saturated carbocycles. The van der Waals surface area contributed by atoms with Crippen LogP contribution in [0.4, 0.5) is 0 Å². The number of ether oxygens (including phenoxy) is 1. The first-order valence-electron chi connectivity index (χ1n) is 4.29. The highest BCUT2D eigenvalue weighted by Crippen LogP contribution is 2.10. The highest BCUT2D eigenvalue weighted by molar-refractivity contribution is 5.82. The molecule has 2 N–H and O–H groups in total. The summed E-state index contributed by atoms with van der Waals surface area (Å²) in [5.41, 5.74) is 5.58. The van der Waals surface area contributed by atoms with E-state index in [4.69, 9.17) is 10.5 Å². The topological polar surface area (TPSA) is 69.4 Å². The van der Waals surface area contributed by atoms with Crippen LogP contribution < -0.4 is 5.73 Å². The van der Waals surface area contributed by atoms with Crippen molar-refractivity contribution in [1.29, 1.82) is 0 Å². The number of hydrogen-bond acceptors (Lipinski definition) is 4. The number of hydrogen-bond donors (Lipinski definition) is 1. The first-order chi connectivity index (χ1) is 5.86. The quantitative estimate of drug-likeness (QED) is 0.650. The molecule has 0 heterocycles. The molecule has 76 valence electrons. The van der Waals surface area contributed by atoms with Crippen molar-refractivity contribution >= 4 is 11.8 Å². The van der Waals surface area contributed by atoms with Crippen molar-refractivity contribution in [2.75, 3.05) is 0 Å². The van der Waals surface area contributed by atoms with Crippen molar-refractivity contribution in [3.8, 4) is 0 Å². The van der Waals surface area contributed by atoms with Crippen molar-refractivity contribution < 1.29 is 14.3 Å². The number of ketones is 1. The van der Waals surface area contributed by atoms with E-state index >= 15 is 0 Å². The zero-order valence-corrected chi connectivity index (χ0v) is 8.53. The predicted molar refractivity (Wildman–Crippen MR) is 49.0 cm³/mol. The largest absolute Gasteiger partial charge is 0.460 e. The van der Waals surface area contributed by atoms with Gasteiger partial charge in [0.1, 0.15) is 17.9 Å². The van der Waals surface area contributed by atoms with Crippen LogP contribution in [0.15, 0.2) is 0 Å². The lowest BCUT2D eigenvalue weighted by Gasteiger charge is -2.24. The van der Waals surface area contributed by atoms with Gasteiger partial charge in [0.15, 0.2) is 0 Å². The monoisotopic (exact) mass is 187 g/mol. The van der Waals surface area contributed by atoms with Gasteiger partial charge in [0.05, 0.1) is 0 Å². The van der Waals surface area contributed by atoms with E-state index in [2.05, 4.69) is 0 Å². The van der Waals surface area contributed by atoms with E-state index in [1.54, 1.807) is 0 Å². The highest BCUT2D eigenvalue weighted by atomic mass is 16.5. The van der Waals surface area contributed by atoms with Gasteiger partial charge in [-0.25, -0.2) is 0 Å². The van der Waals surface area contributed by atoms with Gasteiger partial charge in [0.2, 0.25) is 0 Å². The summed E-state index contributed by atoms with van der Waals surface area (Å²) in [6.45, 7) is 6.42. The maximum atomic E-state index is 11.0. The van der Waals surface area contributed by atoms with Crippen LogP contribution in [0.5, 0.6) is 0 Å². The molecule has 0 aliphatic carbocycles.